The van der Waals surface area contributed by atoms with Gasteiger partial charge in [-0.1, -0.05) is 36.8 Å². The molecule has 0 aromatic heterocycles. The van der Waals surface area contributed by atoms with Crippen LogP contribution < -0.4 is 14.2 Å². The van der Waals surface area contributed by atoms with E-state index in [4.69, 9.17) is 23.7 Å². The molecule has 32 heavy (non-hydrogen) atoms. The van der Waals surface area contributed by atoms with E-state index in [1.54, 1.807) is 12.1 Å². The summed E-state index contributed by atoms with van der Waals surface area (Å²) in [6.45, 7) is 7.62. The van der Waals surface area contributed by atoms with Crippen molar-refractivity contribution in [1.29, 1.82) is 0 Å². The van der Waals surface area contributed by atoms with Gasteiger partial charge in [-0.2, -0.15) is 0 Å². The summed E-state index contributed by atoms with van der Waals surface area (Å²) in [5.41, 5.74) is 1.74. The van der Waals surface area contributed by atoms with Gasteiger partial charge in [0.05, 0.1) is 0 Å². The Kier molecular flexibility index (Phi) is 9.09. The Balaban J connectivity index is 2.09. The average Bonchev–Trinajstić information content (AvgIpc) is 2.79. The van der Waals surface area contributed by atoms with Crippen LogP contribution >= 0.6 is 0 Å². The van der Waals surface area contributed by atoms with Gasteiger partial charge in [0.1, 0.15) is 5.75 Å². The molecule has 0 aliphatic heterocycles. The zero-order chi connectivity index (χ0) is 23.3. The molecule has 0 bridgehead atoms. The van der Waals surface area contributed by atoms with Crippen molar-refractivity contribution < 1.29 is 38.1 Å². The van der Waals surface area contributed by atoms with Gasteiger partial charge in [-0.25, -0.2) is 14.4 Å². The molecule has 0 N–H and O–H groups in total. The Morgan fingerprint density at radius 2 is 1.47 bits per heavy atom. The molecule has 8 nitrogen and oxygen atoms in total. The molecule has 0 heterocycles. The second kappa shape index (κ2) is 12.2. The van der Waals surface area contributed by atoms with Crippen LogP contribution in [0.1, 0.15) is 11.1 Å². The number of hydrogen-bond acceptors (Lipinski definition) is 8. The molecule has 0 atom stereocenters. The van der Waals surface area contributed by atoms with Gasteiger partial charge >= 0.3 is 17.9 Å². The first-order chi connectivity index (χ1) is 15.4. The average molecular weight is 436 g/mol. The number of carbonyl (C=O) groups excluding carboxylic acids is 3. The highest BCUT2D eigenvalue weighted by atomic mass is 16.7. The minimum atomic E-state index is -0.789. The van der Waals surface area contributed by atoms with E-state index in [9.17, 15) is 14.4 Å². The first-order valence-electron chi connectivity index (χ1n) is 9.20. The normalized spacial score (nSPS) is 9.41. The van der Waals surface area contributed by atoms with Crippen molar-refractivity contribution in [2.24, 2.45) is 0 Å². The zero-order valence-electron chi connectivity index (χ0n) is 17.3. The lowest BCUT2D eigenvalue weighted by Crippen LogP contribution is -2.11. The maximum Gasteiger partial charge on any atom is 0.390 e. The highest BCUT2D eigenvalue weighted by Gasteiger charge is 2.11. The largest absolute Gasteiger partial charge is 0.453 e. The monoisotopic (exact) mass is 436 g/mol. The molecule has 2 aromatic carbocycles. The minimum absolute atomic E-state index is 0.0632. The van der Waals surface area contributed by atoms with E-state index in [1.165, 1.54) is 18.2 Å². The van der Waals surface area contributed by atoms with Crippen molar-refractivity contribution in [3.05, 3.63) is 78.9 Å². The van der Waals surface area contributed by atoms with E-state index in [0.29, 0.717) is 5.56 Å². The molecular formula is C24H20O8. The molecule has 0 radical (unpaired) electrons. The van der Waals surface area contributed by atoms with Gasteiger partial charge in [-0.15, -0.1) is 0 Å². The standard InChI is InChI=1S/C24H20O8/c1-4-22(25)30-15-28-20-12-11-19(14-21(20)29-16-31-23(26)5-2)32-24(27)13-10-18-8-6-17(3)7-9-18/h4-9,11-12,14H,1-2,15-16H2,3H3. The van der Waals surface area contributed by atoms with Gasteiger partial charge in [0.15, 0.2) is 11.5 Å². The molecule has 0 fully saturated rings. The van der Waals surface area contributed by atoms with Crippen LogP contribution in [0.5, 0.6) is 17.2 Å². The van der Waals surface area contributed by atoms with Crippen LogP contribution in [0.25, 0.3) is 0 Å². The fraction of sp³-hybridized carbons (Fsp3) is 0.125. The first kappa shape index (κ1) is 23.8. The minimum Gasteiger partial charge on any atom is -0.453 e. The van der Waals surface area contributed by atoms with E-state index in [0.717, 1.165) is 17.7 Å². The quantitative estimate of drug-likeness (QED) is 0.195. The number of benzene rings is 2. The van der Waals surface area contributed by atoms with E-state index in [2.05, 4.69) is 25.0 Å². The lowest BCUT2D eigenvalue weighted by atomic mass is 10.2. The molecule has 0 aliphatic rings. The summed E-state index contributed by atoms with van der Waals surface area (Å²) in [7, 11) is 0. The van der Waals surface area contributed by atoms with Gasteiger partial charge in [-0.05, 0) is 31.2 Å². The van der Waals surface area contributed by atoms with Crippen LogP contribution in [0.15, 0.2) is 67.8 Å². The van der Waals surface area contributed by atoms with Crippen molar-refractivity contribution in [1.82, 2.24) is 0 Å². The Morgan fingerprint density at radius 1 is 0.875 bits per heavy atom. The number of esters is 3. The van der Waals surface area contributed by atoms with Crippen LogP contribution in [-0.4, -0.2) is 31.5 Å². The third-order valence-corrected chi connectivity index (χ3v) is 3.65. The van der Waals surface area contributed by atoms with Crippen LogP contribution in [0.2, 0.25) is 0 Å². The zero-order valence-corrected chi connectivity index (χ0v) is 17.3. The molecule has 2 rings (SSSR count). The first-order valence-corrected chi connectivity index (χ1v) is 9.20. The van der Waals surface area contributed by atoms with Crippen LogP contribution in [0, 0.1) is 18.8 Å². The van der Waals surface area contributed by atoms with Gasteiger partial charge in [0.2, 0.25) is 13.6 Å². The molecule has 0 unspecified atom stereocenters. The number of carbonyl (C=O) groups is 3. The van der Waals surface area contributed by atoms with Gasteiger partial charge in [0, 0.05) is 29.7 Å². The summed E-state index contributed by atoms with van der Waals surface area (Å²) in [4.78, 5) is 34.4. The van der Waals surface area contributed by atoms with Gasteiger partial charge < -0.3 is 23.7 Å². The summed E-state index contributed by atoms with van der Waals surface area (Å²) < 4.78 is 25.4. The maximum atomic E-state index is 12.1. The molecule has 0 amide bonds. The Labute approximate surface area is 185 Å². The summed E-state index contributed by atoms with van der Waals surface area (Å²) in [5.74, 6) is 3.25. The van der Waals surface area contributed by atoms with Crippen molar-refractivity contribution >= 4 is 17.9 Å². The van der Waals surface area contributed by atoms with Gasteiger partial charge in [0.25, 0.3) is 0 Å². The summed E-state index contributed by atoms with van der Waals surface area (Å²) in [6, 6.07) is 11.5. The lowest BCUT2D eigenvalue weighted by Gasteiger charge is -2.13. The predicted molar refractivity (Wildman–Crippen MR) is 114 cm³/mol. The molecule has 0 aliphatic carbocycles. The van der Waals surface area contributed by atoms with Crippen molar-refractivity contribution in [3.8, 4) is 29.1 Å². The molecule has 0 saturated carbocycles. The SMILES string of the molecule is C=CC(=O)OCOc1ccc(OC(=O)C#Cc2ccc(C)cc2)cc1OCOC(=O)C=C. The number of rotatable bonds is 9. The third kappa shape index (κ3) is 8.08. The Bertz CT molecular complexity index is 1060. The molecule has 0 spiro atoms. The summed E-state index contributed by atoms with van der Waals surface area (Å²) in [6.07, 6.45) is 1.95. The molecule has 8 heteroatoms. The molecular weight excluding hydrogens is 416 g/mol. The molecule has 0 saturated heterocycles. The highest BCUT2D eigenvalue weighted by molar-refractivity contribution is 5.91. The van der Waals surface area contributed by atoms with Crippen molar-refractivity contribution in [2.45, 2.75) is 6.92 Å². The molecule has 2 aromatic rings. The summed E-state index contributed by atoms with van der Waals surface area (Å²) >= 11 is 0. The lowest BCUT2D eigenvalue weighted by molar-refractivity contribution is -0.146. The van der Waals surface area contributed by atoms with E-state index in [1.807, 2.05) is 19.1 Å². The molecule has 164 valence electrons. The summed E-state index contributed by atoms with van der Waals surface area (Å²) in [5, 5.41) is 0. The Hall–Kier alpha value is -4.51. The van der Waals surface area contributed by atoms with Crippen molar-refractivity contribution in [3.63, 3.8) is 0 Å². The maximum absolute atomic E-state index is 12.1. The van der Waals surface area contributed by atoms with Crippen LogP contribution in [0.4, 0.5) is 0 Å². The topological polar surface area (TPSA) is 97.4 Å². The highest BCUT2D eigenvalue weighted by Crippen LogP contribution is 2.32. The van der Waals surface area contributed by atoms with Crippen molar-refractivity contribution in [2.75, 3.05) is 13.6 Å². The fourth-order valence-corrected chi connectivity index (χ4v) is 2.10. The van der Waals surface area contributed by atoms with E-state index in [-0.39, 0.29) is 17.2 Å². The van der Waals surface area contributed by atoms with Gasteiger partial charge in [-0.3, -0.25) is 0 Å². The fourth-order valence-electron chi connectivity index (χ4n) is 2.10. The number of ether oxygens (including phenoxy) is 5. The third-order valence-electron chi connectivity index (χ3n) is 3.65. The van der Waals surface area contributed by atoms with Crippen LogP contribution in [-0.2, 0) is 23.9 Å². The second-order valence-corrected chi connectivity index (χ2v) is 5.97. The number of hydrogen-bond donors (Lipinski definition) is 0. The van der Waals surface area contributed by atoms with Crippen LogP contribution in [0.3, 0.4) is 0 Å². The van der Waals surface area contributed by atoms with E-state index >= 15 is 0 Å². The van der Waals surface area contributed by atoms with E-state index < -0.39 is 31.5 Å². The predicted octanol–water partition coefficient (Wildman–Crippen LogP) is 3.08. The second-order valence-electron chi connectivity index (χ2n) is 5.97. The number of aryl methyl sites for hydroxylation is 1. The smallest absolute Gasteiger partial charge is 0.390 e. The Morgan fingerprint density at radius 3 is 2.06 bits per heavy atom.